The maximum atomic E-state index is 12.5. The number of carbonyl (C=O) groups excluding carboxylic acids is 1. The molecule has 2 atom stereocenters. The largest absolute Gasteiger partial charge is 0.481 e. The highest BCUT2D eigenvalue weighted by molar-refractivity contribution is 6.36. The van der Waals surface area contributed by atoms with Crippen molar-refractivity contribution in [3.8, 4) is 0 Å². The average Bonchev–Trinajstić information content (AvgIpc) is 3.21. The number of carboxylic acids is 1. The maximum absolute atomic E-state index is 12.5. The third-order valence-corrected chi connectivity index (χ3v) is 5.36. The molecule has 6 heteroatoms. The molecule has 1 saturated carbocycles. The highest BCUT2D eigenvalue weighted by Crippen LogP contribution is 2.44. The first-order valence-corrected chi connectivity index (χ1v) is 8.16. The van der Waals surface area contributed by atoms with Crippen LogP contribution in [0.3, 0.4) is 0 Å². The van der Waals surface area contributed by atoms with E-state index in [9.17, 15) is 14.7 Å². The van der Waals surface area contributed by atoms with Gasteiger partial charge in [-0.2, -0.15) is 0 Å². The third-order valence-electron chi connectivity index (χ3n) is 4.65. The lowest BCUT2D eigenvalue weighted by Crippen LogP contribution is -2.31. The lowest BCUT2D eigenvalue weighted by molar-refractivity contribution is -0.142. The number of hydrogen-bond acceptors (Lipinski definition) is 2. The van der Waals surface area contributed by atoms with Crippen LogP contribution in [0.1, 0.15) is 18.4 Å². The van der Waals surface area contributed by atoms with Crippen LogP contribution in [0.4, 0.5) is 0 Å². The van der Waals surface area contributed by atoms with Crippen LogP contribution in [0.25, 0.3) is 0 Å². The van der Waals surface area contributed by atoms with Crippen molar-refractivity contribution in [2.24, 2.45) is 17.8 Å². The average molecular weight is 342 g/mol. The molecule has 1 aliphatic heterocycles. The van der Waals surface area contributed by atoms with Gasteiger partial charge in [0.05, 0.1) is 12.3 Å². The van der Waals surface area contributed by atoms with Gasteiger partial charge in [0.25, 0.3) is 0 Å². The molecule has 0 spiro atoms. The van der Waals surface area contributed by atoms with E-state index in [4.69, 9.17) is 23.2 Å². The Balaban J connectivity index is 1.72. The van der Waals surface area contributed by atoms with Crippen LogP contribution in [-0.2, 0) is 16.0 Å². The Labute approximate surface area is 139 Å². The van der Waals surface area contributed by atoms with Crippen LogP contribution in [0, 0.1) is 17.8 Å². The summed E-state index contributed by atoms with van der Waals surface area (Å²) in [5, 5.41) is 10.3. The fourth-order valence-corrected chi connectivity index (χ4v) is 3.79. The summed E-state index contributed by atoms with van der Waals surface area (Å²) in [6, 6.07) is 5.14. The number of rotatable bonds is 4. The lowest BCUT2D eigenvalue weighted by atomic mass is 9.92. The number of likely N-dealkylation sites (tertiary alicyclic amines) is 1. The van der Waals surface area contributed by atoms with Crippen LogP contribution >= 0.6 is 23.2 Å². The highest BCUT2D eigenvalue weighted by atomic mass is 35.5. The van der Waals surface area contributed by atoms with E-state index in [-0.39, 0.29) is 24.8 Å². The van der Waals surface area contributed by atoms with Crippen molar-refractivity contribution >= 4 is 35.1 Å². The van der Waals surface area contributed by atoms with Crippen LogP contribution in [0.5, 0.6) is 0 Å². The normalized spacial score (nSPS) is 24.5. The molecule has 0 unspecified atom stereocenters. The number of benzene rings is 1. The van der Waals surface area contributed by atoms with Gasteiger partial charge in [-0.15, -0.1) is 0 Å². The zero-order chi connectivity index (χ0) is 15.9. The van der Waals surface area contributed by atoms with E-state index in [1.54, 1.807) is 23.1 Å². The van der Waals surface area contributed by atoms with Crippen LogP contribution in [-0.4, -0.2) is 35.0 Å². The molecule has 2 fully saturated rings. The van der Waals surface area contributed by atoms with Crippen molar-refractivity contribution in [1.29, 1.82) is 0 Å². The van der Waals surface area contributed by atoms with E-state index < -0.39 is 11.9 Å². The van der Waals surface area contributed by atoms with Crippen LogP contribution < -0.4 is 0 Å². The fraction of sp³-hybridized carbons (Fsp3) is 0.500. The van der Waals surface area contributed by atoms with Gasteiger partial charge in [-0.3, -0.25) is 9.59 Å². The molecular weight excluding hydrogens is 325 g/mol. The van der Waals surface area contributed by atoms with Gasteiger partial charge in [0, 0.05) is 23.1 Å². The summed E-state index contributed by atoms with van der Waals surface area (Å²) in [6.45, 7) is 0.819. The van der Waals surface area contributed by atoms with Gasteiger partial charge >= 0.3 is 5.97 Å². The fourth-order valence-electron chi connectivity index (χ4n) is 3.26. The Bertz CT molecular complexity index is 595. The van der Waals surface area contributed by atoms with Crippen molar-refractivity contribution in [1.82, 2.24) is 4.90 Å². The van der Waals surface area contributed by atoms with Crippen LogP contribution in [0.15, 0.2) is 18.2 Å². The molecule has 1 amide bonds. The minimum absolute atomic E-state index is 0.0863. The molecule has 0 aromatic heterocycles. The third kappa shape index (κ3) is 3.08. The summed E-state index contributed by atoms with van der Waals surface area (Å²) in [5.41, 5.74) is 0.609. The molecule has 1 heterocycles. The SMILES string of the molecule is O=C(O)[C@H]1CN(C(=O)Cc2c(Cl)cccc2Cl)C[C@@H]1C1CC1. The molecule has 22 heavy (non-hydrogen) atoms. The summed E-state index contributed by atoms with van der Waals surface area (Å²) in [6.07, 6.45) is 2.27. The smallest absolute Gasteiger partial charge is 0.308 e. The van der Waals surface area contributed by atoms with Crippen LogP contribution in [0.2, 0.25) is 10.0 Å². The zero-order valence-electron chi connectivity index (χ0n) is 12.0. The lowest BCUT2D eigenvalue weighted by Gasteiger charge is -2.17. The number of aliphatic carboxylic acids is 1. The molecule has 1 aromatic carbocycles. The second kappa shape index (κ2) is 6.09. The second-order valence-electron chi connectivity index (χ2n) is 6.12. The van der Waals surface area contributed by atoms with Crippen molar-refractivity contribution in [3.05, 3.63) is 33.8 Å². The van der Waals surface area contributed by atoms with Crippen molar-refractivity contribution in [3.63, 3.8) is 0 Å². The summed E-state index contributed by atoms with van der Waals surface area (Å²) in [7, 11) is 0. The van der Waals surface area contributed by atoms with Gasteiger partial charge in [-0.05, 0) is 42.4 Å². The second-order valence-corrected chi connectivity index (χ2v) is 6.94. The zero-order valence-corrected chi connectivity index (χ0v) is 13.5. The number of carboxylic acid groups (broad SMARTS) is 1. The summed E-state index contributed by atoms with van der Waals surface area (Å²) in [5.74, 6) is -0.809. The molecule has 4 nitrogen and oxygen atoms in total. The molecule has 1 aromatic rings. The van der Waals surface area contributed by atoms with E-state index >= 15 is 0 Å². The van der Waals surface area contributed by atoms with E-state index in [1.807, 2.05) is 0 Å². The molecule has 2 aliphatic rings. The Morgan fingerprint density at radius 1 is 1.18 bits per heavy atom. The molecule has 1 saturated heterocycles. The van der Waals surface area contributed by atoms with E-state index in [0.717, 1.165) is 12.8 Å². The predicted octanol–water partition coefficient (Wildman–Crippen LogP) is 3.11. The van der Waals surface area contributed by atoms with E-state index in [0.29, 0.717) is 28.1 Å². The van der Waals surface area contributed by atoms with E-state index in [1.165, 1.54) is 0 Å². The van der Waals surface area contributed by atoms with Gasteiger partial charge in [0.15, 0.2) is 0 Å². The summed E-state index contributed by atoms with van der Waals surface area (Å²) < 4.78 is 0. The summed E-state index contributed by atoms with van der Waals surface area (Å²) >= 11 is 12.2. The van der Waals surface area contributed by atoms with Crippen molar-refractivity contribution in [2.45, 2.75) is 19.3 Å². The minimum atomic E-state index is -0.803. The van der Waals surface area contributed by atoms with Gasteiger partial charge in [0.2, 0.25) is 5.91 Å². The van der Waals surface area contributed by atoms with Gasteiger partial charge < -0.3 is 10.0 Å². The molecule has 118 valence electrons. The quantitative estimate of drug-likeness (QED) is 0.915. The maximum Gasteiger partial charge on any atom is 0.308 e. The first-order chi connectivity index (χ1) is 10.5. The van der Waals surface area contributed by atoms with Crippen molar-refractivity contribution in [2.75, 3.05) is 13.1 Å². The number of nitrogens with zero attached hydrogens (tertiary/aromatic N) is 1. The standard InChI is InChI=1S/C16H17Cl2NO3/c17-13-2-1-3-14(18)10(13)6-15(20)19-7-11(9-4-5-9)12(8-19)16(21)22/h1-3,9,11-12H,4-8H2,(H,21,22)/t11-,12+/m1/s1. The molecule has 3 rings (SSSR count). The molecule has 1 N–H and O–H groups in total. The molecule has 0 bridgehead atoms. The Morgan fingerprint density at radius 3 is 2.36 bits per heavy atom. The summed E-state index contributed by atoms with van der Waals surface area (Å²) in [4.78, 5) is 25.5. The minimum Gasteiger partial charge on any atom is -0.481 e. The number of halogens is 2. The topological polar surface area (TPSA) is 57.6 Å². The number of carbonyl (C=O) groups is 2. The Hall–Kier alpha value is -1.26. The number of amides is 1. The number of hydrogen-bond donors (Lipinski definition) is 1. The first-order valence-electron chi connectivity index (χ1n) is 7.41. The Morgan fingerprint density at radius 2 is 1.82 bits per heavy atom. The molecule has 1 aliphatic carbocycles. The Kier molecular flexibility index (Phi) is 4.33. The van der Waals surface area contributed by atoms with E-state index in [2.05, 4.69) is 0 Å². The first kappa shape index (κ1) is 15.6. The van der Waals surface area contributed by atoms with Crippen molar-refractivity contribution < 1.29 is 14.7 Å². The highest BCUT2D eigenvalue weighted by Gasteiger charge is 2.46. The molecular formula is C16H17Cl2NO3. The monoisotopic (exact) mass is 341 g/mol. The molecule has 0 radical (unpaired) electrons. The van der Waals surface area contributed by atoms with Gasteiger partial charge in [-0.25, -0.2) is 0 Å². The van der Waals surface area contributed by atoms with Gasteiger partial charge in [0.1, 0.15) is 0 Å². The van der Waals surface area contributed by atoms with Gasteiger partial charge in [-0.1, -0.05) is 29.3 Å². The predicted molar refractivity (Wildman–Crippen MR) is 84.1 cm³/mol.